The number of nitrogens with zero attached hydrogens (tertiary/aromatic N) is 3. The molecule has 3 aromatic rings. The molecule has 0 fully saturated rings. The van der Waals surface area contributed by atoms with Gasteiger partial charge in [-0.3, -0.25) is 4.79 Å². The van der Waals surface area contributed by atoms with Gasteiger partial charge in [0.15, 0.2) is 5.78 Å². The summed E-state index contributed by atoms with van der Waals surface area (Å²) in [6.45, 7) is 17.1. The van der Waals surface area contributed by atoms with E-state index in [1.165, 1.54) is 16.9 Å². The molecule has 1 aliphatic carbocycles. The first-order valence-corrected chi connectivity index (χ1v) is 14.8. The van der Waals surface area contributed by atoms with E-state index in [-0.39, 0.29) is 5.78 Å². The van der Waals surface area contributed by atoms with Crippen LogP contribution in [0.5, 0.6) is 0 Å². The second-order valence-electron chi connectivity index (χ2n) is 11.2. The Hall–Kier alpha value is -4.12. The van der Waals surface area contributed by atoms with Crippen molar-refractivity contribution in [3.05, 3.63) is 107 Å². The van der Waals surface area contributed by atoms with E-state index in [4.69, 9.17) is 4.99 Å². The molecule has 0 amide bonds. The first-order chi connectivity index (χ1) is 19.7. The van der Waals surface area contributed by atoms with Gasteiger partial charge in [0.25, 0.3) is 0 Å². The summed E-state index contributed by atoms with van der Waals surface area (Å²) in [5.74, 6) is 0.00544. The van der Waals surface area contributed by atoms with Crippen LogP contribution in [0.4, 0.5) is 22.7 Å². The first kappa shape index (κ1) is 29.9. The van der Waals surface area contributed by atoms with Crippen LogP contribution >= 0.6 is 0 Å². The largest absolute Gasteiger partial charge is 0.369 e. The Balaban J connectivity index is 1.64. The van der Waals surface area contributed by atoms with Gasteiger partial charge in [-0.25, -0.2) is 4.99 Å². The van der Waals surface area contributed by atoms with Crippen molar-refractivity contribution >= 4 is 34.2 Å². The van der Waals surface area contributed by atoms with Gasteiger partial charge in [0, 0.05) is 60.3 Å². The average molecular weight is 549 g/mol. The van der Waals surface area contributed by atoms with E-state index in [9.17, 15) is 4.79 Å². The lowest BCUT2D eigenvalue weighted by Crippen LogP contribution is -2.30. The van der Waals surface area contributed by atoms with Crippen molar-refractivity contribution in [3.63, 3.8) is 0 Å². The molecule has 1 aliphatic rings. The summed E-state index contributed by atoms with van der Waals surface area (Å²) in [6.07, 6.45) is 4.19. The summed E-state index contributed by atoms with van der Waals surface area (Å²) < 4.78 is 0. The lowest BCUT2D eigenvalue weighted by Gasteiger charge is -2.27. The second kappa shape index (κ2) is 13.5. The van der Waals surface area contributed by atoms with Crippen molar-refractivity contribution in [3.8, 4) is 0 Å². The summed E-state index contributed by atoms with van der Waals surface area (Å²) in [5, 5.41) is 3.43. The van der Waals surface area contributed by atoms with Crippen LogP contribution < -0.4 is 15.1 Å². The minimum absolute atomic E-state index is 0.00544. The number of carbonyl (C=O) groups excluding carboxylic acids is 1. The monoisotopic (exact) mass is 548 g/mol. The van der Waals surface area contributed by atoms with Gasteiger partial charge in [-0.15, -0.1) is 0 Å². The van der Waals surface area contributed by atoms with Crippen LogP contribution in [-0.2, 0) is 11.2 Å². The molecule has 0 saturated carbocycles. The molecule has 0 heterocycles. The highest BCUT2D eigenvalue weighted by molar-refractivity contribution is 6.23. The van der Waals surface area contributed by atoms with Crippen LogP contribution in [-0.4, -0.2) is 36.7 Å². The summed E-state index contributed by atoms with van der Waals surface area (Å²) in [5.41, 5.74) is 8.62. The smallest absolute Gasteiger partial charge is 0.184 e. The van der Waals surface area contributed by atoms with E-state index in [1.807, 2.05) is 30.3 Å². The Morgan fingerprint density at radius 3 is 1.78 bits per heavy atom. The number of benzene rings is 3. The molecular weight excluding hydrogens is 504 g/mol. The molecule has 1 N–H and O–H groups in total. The van der Waals surface area contributed by atoms with E-state index in [1.54, 1.807) is 6.08 Å². The zero-order chi connectivity index (χ0) is 29.5. The zero-order valence-electron chi connectivity index (χ0n) is 25.6. The highest BCUT2D eigenvalue weighted by Crippen LogP contribution is 2.26. The van der Waals surface area contributed by atoms with Crippen LogP contribution in [0, 0.1) is 6.92 Å². The van der Waals surface area contributed by atoms with Crippen molar-refractivity contribution in [2.75, 3.05) is 28.2 Å². The van der Waals surface area contributed by atoms with Crippen molar-refractivity contribution < 1.29 is 4.79 Å². The van der Waals surface area contributed by atoms with Gasteiger partial charge in [-0.1, -0.05) is 29.8 Å². The first-order valence-electron chi connectivity index (χ1n) is 14.8. The number of hydrogen-bond acceptors (Lipinski definition) is 5. The minimum atomic E-state index is 0.00544. The summed E-state index contributed by atoms with van der Waals surface area (Å²) in [7, 11) is 0. The van der Waals surface area contributed by atoms with Gasteiger partial charge in [-0.05, 0) is 109 Å². The molecule has 0 radical (unpaired) electrons. The van der Waals surface area contributed by atoms with Crippen LogP contribution in [0.15, 0.2) is 101 Å². The van der Waals surface area contributed by atoms with Gasteiger partial charge in [0.1, 0.15) is 0 Å². The van der Waals surface area contributed by atoms with Gasteiger partial charge >= 0.3 is 0 Å². The Morgan fingerprint density at radius 1 is 0.732 bits per heavy atom. The maximum absolute atomic E-state index is 13.3. The molecule has 0 unspecified atom stereocenters. The number of hydrogen-bond donors (Lipinski definition) is 1. The van der Waals surface area contributed by atoms with Crippen LogP contribution in [0.2, 0.25) is 0 Å². The molecule has 0 bridgehead atoms. The number of ketones is 1. The van der Waals surface area contributed by atoms with E-state index < -0.39 is 0 Å². The van der Waals surface area contributed by atoms with Crippen LogP contribution in [0.1, 0.15) is 52.7 Å². The SMILES string of the molecule is CCN(c1ccc(CC2=CC(=Nc3ccc(N(CC)C(C)C)cc3)C(Nc3ccc(C)cc3)=CC2=O)cc1)C(C)C. The Kier molecular flexibility index (Phi) is 9.82. The van der Waals surface area contributed by atoms with Crippen LogP contribution in [0.3, 0.4) is 0 Å². The maximum atomic E-state index is 13.3. The van der Waals surface area contributed by atoms with Gasteiger partial charge in [-0.2, -0.15) is 0 Å². The molecule has 5 nitrogen and oxygen atoms in total. The topological polar surface area (TPSA) is 47.9 Å². The summed E-state index contributed by atoms with van der Waals surface area (Å²) in [4.78, 5) is 23.0. The summed E-state index contributed by atoms with van der Waals surface area (Å²) in [6, 6.07) is 25.9. The van der Waals surface area contributed by atoms with Crippen molar-refractivity contribution in [1.82, 2.24) is 0 Å². The van der Waals surface area contributed by atoms with E-state index in [2.05, 4.69) is 112 Å². The fourth-order valence-electron chi connectivity index (χ4n) is 5.31. The highest BCUT2D eigenvalue weighted by Gasteiger charge is 2.20. The average Bonchev–Trinajstić information content (AvgIpc) is 2.94. The number of rotatable bonds is 11. The van der Waals surface area contributed by atoms with E-state index in [0.29, 0.717) is 24.2 Å². The number of aliphatic imine (C=N–C) groups is 1. The fourth-order valence-corrected chi connectivity index (χ4v) is 5.31. The summed E-state index contributed by atoms with van der Waals surface area (Å²) >= 11 is 0. The Bertz CT molecular complexity index is 1410. The molecule has 0 saturated heterocycles. The number of carbonyl (C=O) groups is 1. The molecule has 0 atom stereocenters. The molecule has 3 aromatic carbocycles. The van der Waals surface area contributed by atoms with Gasteiger partial charge < -0.3 is 15.1 Å². The number of allylic oxidation sites excluding steroid dienone is 3. The van der Waals surface area contributed by atoms with E-state index in [0.717, 1.165) is 41.3 Å². The molecule has 0 aliphatic heterocycles. The molecule has 41 heavy (non-hydrogen) atoms. The molecule has 4 rings (SSSR count). The standard InChI is InChI=1S/C36H44N4O/c1-8-39(25(3)4)32-18-12-28(13-19-32)22-29-23-34(35(24-36(29)41)38-30-14-10-27(7)11-15-30)37-31-16-20-33(21-17-31)40(9-2)26(5)6/h10-21,23-26,38H,8-9,22H2,1-7H3. The number of nitrogens with one attached hydrogen (secondary N) is 1. The van der Waals surface area contributed by atoms with Crippen molar-refractivity contribution in [2.45, 2.75) is 67.0 Å². The molecule has 5 heteroatoms. The number of aryl methyl sites for hydroxylation is 1. The predicted octanol–water partition coefficient (Wildman–Crippen LogP) is 8.28. The van der Waals surface area contributed by atoms with Crippen molar-refractivity contribution in [2.24, 2.45) is 4.99 Å². The third-order valence-electron chi connectivity index (χ3n) is 7.53. The lowest BCUT2D eigenvalue weighted by atomic mass is 9.94. The van der Waals surface area contributed by atoms with E-state index >= 15 is 0 Å². The molecule has 214 valence electrons. The minimum Gasteiger partial charge on any atom is -0.369 e. The molecular formula is C36H44N4O. The van der Waals surface area contributed by atoms with Gasteiger partial charge in [0.05, 0.1) is 17.1 Å². The third kappa shape index (κ3) is 7.55. The normalized spacial score (nSPS) is 14.4. The third-order valence-corrected chi connectivity index (χ3v) is 7.53. The van der Waals surface area contributed by atoms with Crippen molar-refractivity contribution in [1.29, 1.82) is 0 Å². The number of anilines is 3. The molecule has 0 spiro atoms. The second-order valence-corrected chi connectivity index (χ2v) is 11.2. The van der Waals surface area contributed by atoms with Gasteiger partial charge in [0.2, 0.25) is 0 Å². The lowest BCUT2D eigenvalue weighted by molar-refractivity contribution is -0.111. The predicted molar refractivity (Wildman–Crippen MR) is 176 cm³/mol. The fraction of sp³-hybridized carbons (Fsp3) is 0.333. The van der Waals surface area contributed by atoms with Crippen LogP contribution in [0.25, 0.3) is 0 Å². The highest BCUT2D eigenvalue weighted by atomic mass is 16.1. The quantitative estimate of drug-likeness (QED) is 0.245. The Morgan fingerprint density at radius 2 is 1.27 bits per heavy atom. The maximum Gasteiger partial charge on any atom is 0.184 e. The zero-order valence-corrected chi connectivity index (χ0v) is 25.6. The molecule has 0 aromatic heterocycles. The Labute approximate surface area is 246 Å².